The minimum Gasteiger partial charge on any atom is -0.358 e. The van der Waals surface area contributed by atoms with Crippen LogP contribution in [0.3, 0.4) is 0 Å². The lowest BCUT2D eigenvalue weighted by molar-refractivity contribution is -0.121. The van der Waals surface area contributed by atoms with Crippen molar-refractivity contribution in [3.63, 3.8) is 0 Å². The quantitative estimate of drug-likeness (QED) is 0.454. The van der Waals surface area contributed by atoms with Crippen LogP contribution in [0, 0.1) is 5.92 Å². The monoisotopic (exact) mass is 145 g/mol. The van der Waals surface area contributed by atoms with E-state index in [0.717, 1.165) is 0 Å². The zero-order chi connectivity index (χ0) is 7.98. The Bertz CT molecular complexity index is 126. The number of Topliss-reactive ketones (excluding diaryl/α,β-unsaturated/α-hetero) is 1. The first-order valence-electron chi connectivity index (χ1n) is 3.38. The third-order valence-electron chi connectivity index (χ3n) is 1.24. The molecule has 1 N–H and O–H groups in total. The number of hydrogen-bond acceptors (Lipinski definition) is 2. The van der Waals surface area contributed by atoms with Crippen molar-refractivity contribution in [3.05, 3.63) is 0 Å². The standard InChI is InChI=1S/C7H13NO2.H2/c1-6(2)7(10)3-4-8-5-9;/h5-6H,3-4H2,1-2H3,(H,8,9);1H. The summed E-state index contributed by atoms with van der Waals surface area (Å²) in [5, 5.41) is 2.43. The largest absolute Gasteiger partial charge is 0.358 e. The van der Waals surface area contributed by atoms with Gasteiger partial charge in [0.05, 0.1) is 0 Å². The van der Waals surface area contributed by atoms with Gasteiger partial charge in [0.1, 0.15) is 5.78 Å². The molecule has 0 heterocycles. The van der Waals surface area contributed by atoms with E-state index >= 15 is 0 Å². The second-order valence-electron chi connectivity index (χ2n) is 2.44. The van der Waals surface area contributed by atoms with Gasteiger partial charge in [0.2, 0.25) is 6.41 Å². The van der Waals surface area contributed by atoms with Crippen LogP contribution in [0.15, 0.2) is 0 Å². The van der Waals surface area contributed by atoms with Crippen LogP contribution in [0.25, 0.3) is 0 Å². The van der Waals surface area contributed by atoms with Crippen molar-refractivity contribution in [2.75, 3.05) is 6.54 Å². The van der Waals surface area contributed by atoms with Crippen molar-refractivity contribution in [1.82, 2.24) is 5.32 Å². The molecule has 3 heteroatoms. The van der Waals surface area contributed by atoms with Gasteiger partial charge in [0, 0.05) is 20.3 Å². The maximum absolute atomic E-state index is 10.9. The first kappa shape index (κ1) is 9.14. The summed E-state index contributed by atoms with van der Waals surface area (Å²) >= 11 is 0. The van der Waals surface area contributed by atoms with Crippen molar-refractivity contribution in [2.24, 2.45) is 5.92 Å². The van der Waals surface area contributed by atoms with Crippen LogP contribution in [0.5, 0.6) is 0 Å². The van der Waals surface area contributed by atoms with E-state index in [9.17, 15) is 9.59 Å². The highest BCUT2D eigenvalue weighted by atomic mass is 16.1. The van der Waals surface area contributed by atoms with Gasteiger partial charge < -0.3 is 5.32 Å². The Morgan fingerprint density at radius 3 is 2.70 bits per heavy atom. The fourth-order valence-corrected chi connectivity index (χ4v) is 0.543. The van der Waals surface area contributed by atoms with E-state index < -0.39 is 0 Å². The van der Waals surface area contributed by atoms with Crippen LogP contribution >= 0.6 is 0 Å². The molecule has 0 bridgehead atoms. The highest BCUT2D eigenvalue weighted by molar-refractivity contribution is 5.80. The highest BCUT2D eigenvalue weighted by Crippen LogP contribution is 1.96. The number of carbonyl (C=O) groups is 2. The van der Waals surface area contributed by atoms with Crippen molar-refractivity contribution < 1.29 is 11.0 Å². The number of amides is 1. The summed E-state index contributed by atoms with van der Waals surface area (Å²) in [6.07, 6.45) is 1.05. The predicted molar refractivity (Wildman–Crippen MR) is 40.6 cm³/mol. The zero-order valence-electron chi connectivity index (χ0n) is 6.39. The van der Waals surface area contributed by atoms with Gasteiger partial charge in [-0.15, -0.1) is 0 Å². The average Bonchev–Trinajstić information content (AvgIpc) is 1.88. The van der Waals surface area contributed by atoms with Gasteiger partial charge in [0.15, 0.2) is 0 Å². The number of nitrogens with one attached hydrogen (secondary N) is 1. The molecule has 0 radical (unpaired) electrons. The minimum absolute atomic E-state index is 0. The van der Waals surface area contributed by atoms with E-state index in [4.69, 9.17) is 0 Å². The molecule has 0 spiro atoms. The summed E-state index contributed by atoms with van der Waals surface area (Å²) in [7, 11) is 0. The van der Waals surface area contributed by atoms with Gasteiger partial charge in [0.25, 0.3) is 0 Å². The molecule has 60 valence electrons. The van der Waals surface area contributed by atoms with Crippen molar-refractivity contribution in [1.29, 1.82) is 0 Å². The van der Waals surface area contributed by atoms with Crippen molar-refractivity contribution in [3.8, 4) is 0 Å². The molecule has 0 saturated heterocycles. The van der Waals surface area contributed by atoms with Crippen LogP contribution < -0.4 is 5.32 Å². The highest BCUT2D eigenvalue weighted by Gasteiger charge is 2.04. The fourth-order valence-electron chi connectivity index (χ4n) is 0.543. The lowest BCUT2D eigenvalue weighted by Crippen LogP contribution is -2.18. The second kappa shape index (κ2) is 4.97. The van der Waals surface area contributed by atoms with Gasteiger partial charge in [-0.1, -0.05) is 13.8 Å². The number of rotatable bonds is 5. The molecular formula is C7H15NO2. The SMILES string of the molecule is CC(C)C(=O)CCNC=O.[HH]. The number of hydrogen-bond donors (Lipinski definition) is 1. The Hall–Kier alpha value is -0.860. The molecule has 3 nitrogen and oxygen atoms in total. The summed E-state index contributed by atoms with van der Waals surface area (Å²) < 4.78 is 0. The minimum atomic E-state index is 0. The van der Waals surface area contributed by atoms with Crippen LogP contribution in [0.4, 0.5) is 0 Å². The van der Waals surface area contributed by atoms with Gasteiger partial charge in [-0.05, 0) is 0 Å². The summed E-state index contributed by atoms with van der Waals surface area (Å²) in [6.45, 7) is 4.16. The molecule has 0 aliphatic heterocycles. The van der Waals surface area contributed by atoms with Gasteiger partial charge in [-0.2, -0.15) is 0 Å². The maximum Gasteiger partial charge on any atom is 0.207 e. The van der Waals surface area contributed by atoms with E-state index in [0.29, 0.717) is 19.4 Å². The molecule has 0 aliphatic carbocycles. The number of ketones is 1. The van der Waals surface area contributed by atoms with Crippen molar-refractivity contribution in [2.45, 2.75) is 20.3 Å². The summed E-state index contributed by atoms with van der Waals surface area (Å²) in [5.41, 5.74) is 0. The Morgan fingerprint density at radius 1 is 1.70 bits per heavy atom. The summed E-state index contributed by atoms with van der Waals surface area (Å²) in [4.78, 5) is 20.6. The zero-order valence-corrected chi connectivity index (χ0v) is 6.39. The lowest BCUT2D eigenvalue weighted by atomic mass is 10.1. The molecule has 0 fully saturated rings. The van der Waals surface area contributed by atoms with Crippen LogP contribution in [0.1, 0.15) is 21.7 Å². The number of carbonyl (C=O) groups excluding carboxylic acids is 2. The van der Waals surface area contributed by atoms with E-state index in [-0.39, 0.29) is 13.1 Å². The smallest absolute Gasteiger partial charge is 0.207 e. The Balaban J connectivity index is 0. The first-order valence-corrected chi connectivity index (χ1v) is 3.38. The molecule has 0 aromatic carbocycles. The Kier molecular flexibility index (Phi) is 4.54. The van der Waals surface area contributed by atoms with E-state index in [1.165, 1.54) is 0 Å². The molecular weight excluding hydrogens is 130 g/mol. The molecule has 10 heavy (non-hydrogen) atoms. The third kappa shape index (κ3) is 4.06. The maximum atomic E-state index is 10.9. The fraction of sp³-hybridized carbons (Fsp3) is 0.714. The summed E-state index contributed by atoms with van der Waals surface area (Å²) in [6, 6.07) is 0. The van der Waals surface area contributed by atoms with E-state index in [2.05, 4.69) is 5.32 Å². The second-order valence-corrected chi connectivity index (χ2v) is 2.44. The van der Waals surface area contributed by atoms with E-state index in [1.54, 1.807) is 0 Å². The Labute approximate surface area is 62.3 Å². The first-order chi connectivity index (χ1) is 4.68. The van der Waals surface area contributed by atoms with Gasteiger partial charge in [-0.3, -0.25) is 9.59 Å². The summed E-state index contributed by atoms with van der Waals surface area (Å²) in [5.74, 6) is 0.266. The molecule has 0 saturated carbocycles. The predicted octanol–water partition coefficient (Wildman–Crippen LogP) is 0.594. The lowest BCUT2D eigenvalue weighted by Gasteiger charge is -2.01. The van der Waals surface area contributed by atoms with E-state index in [1.807, 2.05) is 13.8 Å². The molecule has 0 aromatic rings. The average molecular weight is 145 g/mol. The molecule has 0 rings (SSSR count). The molecule has 0 aliphatic rings. The van der Waals surface area contributed by atoms with Gasteiger partial charge >= 0.3 is 0 Å². The molecule has 1 amide bonds. The Morgan fingerprint density at radius 2 is 2.30 bits per heavy atom. The normalized spacial score (nSPS) is 9.50. The molecule has 0 unspecified atom stereocenters. The van der Waals surface area contributed by atoms with Crippen LogP contribution in [0.2, 0.25) is 0 Å². The van der Waals surface area contributed by atoms with Gasteiger partial charge in [-0.25, -0.2) is 0 Å². The van der Waals surface area contributed by atoms with Crippen LogP contribution in [-0.2, 0) is 9.59 Å². The molecule has 0 atom stereocenters. The van der Waals surface area contributed by atoms with Crippen LogP contribution in [-0.4, -0.2) is 18.7 Å². The van der Waals surface area contributed by atoms with Crippen molar-refractivity contribution >= 4 is 12.2 Å². The topological polar surface area (TPSA) is 46.2 Å². The third-order valence-corrected chi connectivity index (χ3v) is 1.24. The molecule has 0 aromatic heterocycles.